The molecule has 0 spiro atoms. The smallest absolute Gasteiger partial charge is 0.265 e. The largest absolute Gasteiger partial charge is 0.453 e. The van der Waals surface area contributed by atoms with Gasteiger partial charge in [0.1, 0.15) is 11.9 Å². The number of hydrogen-bond donors (Lipinski definition) is 2. The first-order chi connectivity index (χ1) is 6.59. The van der Waals surface area contributed by atoms with Crippen molar-refractivity contribution in [3.63, 3.8) is 0 Å². The Hall–Kier alpha value is -0.460. The fourth-order valence-electron chi connectivity index (χ4n) is 0.879. The molecule has 1 unspecified atom stereocenters. The van der Waals surface area contributed by atoms with E-state index in [1.54, 1.807) is 12.1 Å². The average Bonchev–Trinajstić information content (AvgIpc) is 2.51. The van der Waals surface area contributed by atoms with Gasteiger partial charge < -0.3 is 14.8 Å². The van der Waals surface area contributed by atoms with Crippen LogP contribution in [0.4, 0.5) is 8.78 Å². The molecule has 1 aromatic heterocycles. The number of nitrogens with one attached hydrogen (secondary N) is 1. The Morgan fingerprint density at radius 3 is 2.71 bits per heavy atom. The van der Waals surface area contributed by atoms with Crippen LogP contribution in [0, 0.1) is 0 Å². The molecule has 1 aromatic rings. The van der Waals surface area contributed by atoms with Gasteiger partial charge in [-0.3, -0.25) is 0 Å². The van der Waals surface area contributed by atoms with Gasteiger partial charge in [-0.05, 0) is 28.1 Å². The molecule has 2 N–H and O–H groups in total. The van der Waals surface area contributed by atoms with Gasteiger partial charge in [0.05, 0.1) is 6.54 Å². The number of hydrogen-bond acceptors (Lipinski definition) is 3. The molecule has 0 aliphatic heterocycles. The Balaban J connectivity index is 2.22. The number of aliphatic hydroxyl groups is 1. The first-order valence-electron chi connectivity index (χ1n) is 4.00. The molecule has 80 valence electrons. The lowest BCUT2D eigenvalue weighted by atomic mass is 10.3. The van der Waals surface area contributed by atoms with Crippen molar-refractivity contribution in [2.24, 2.45) is 0 Å². The van der Waals surface area contributed by atoms with Crippen LogP contribution < -0.4 is 5.32 Å². The summed E-state index contributed by atoms with van der Waals surface area (Å²) in [5.41, 5.74) is 0. The van der Waals surface area contributed by atoms with Gasteiger partial charge in [0.25, 0.3) is 6.43 Å². The fourth-order valence-corrected chi connectivity index (χ4v) is 1.22. The van der Waals surface area contributed by atoms with E-state index in [0.717, 1.165) is 0 Å². The summed E-state index contributed by atoms with van der Waals surface area (Å²) in [7, 11) is 0. The third-order valence-electron chi connectivity index (χ3n) is 1.57. The molecule has 6 heteroatoms. The maximum absolute atomic E-state index is 11.8. The zero-order valence-corrected chi connectivity index (χ0v) is 8.80. The van der Waals surface area contributed by atoms with E-state index in [9.17, 15) is 8.78 Å². The van der Waals surface area contributed by atoms with Crippen LogP contribution in [-0.2, 0) is 6.54 Å². The van der Waals surface area contributed by atoms with Crippen molar-refractivity contribution >= 4 is 15.9 Å². The highest BCUT2D eigenvalue weighted by atomic mass is 79.9. The summed E-state index contributed by atoms with van der Waals surface area (Å²) in [6.45, 7) is 0.158. The summed E-state index contributed by atoms with van der Waals surface area (Å²) in [4.78, 5) is 0. The minimum absolute atomic E-state index is 0.157. The van der Waals surface area contributed by atoms with E-state index in [4.69, 9.17) is 9.52 Å². The van der Waals surface area contributed by atoms with Gasteiger partial charge in [-0.2, -0.15) is 0 Å². The Labute approximate surface area is 88.2 Å². The molecule has 0 aliphatic carbocycles. The maximum atomic E-state index is 11.8. The quantitative estimate of drug-likeness (QED) is 0.856. The van der Waals surface area contributed by atoms with Crippen molar-refractivity contribution in [2.45, 2.75) is 19.1 Å². The van der Waals surface area contributed by atoms with Crippen molar-refractivity contribution in [2.75, 3.05) is 6.54 Å². The number of halogens is 3. The van der Waals surface area contributed by atoms with Gasteiger partial charge in [-0.15, -0.1) is 0 Å². The van der Waals surface area contributed by atoms with Crippen LogP contribution in [0.3, 0.4) is 0 Å². The SMILES string of the molecule is OC(CNCc1ccc(Br)o1)C(F)F. The number of alkyl halides is 2. The summed E-state index contributed by atoms with van der Waals surface area (Å²) < 4.78 is 29.4. The highest BCUT2D eigenvalue weighted by molar-refractivity contribution is 9.10. The first-order valence-corrected chi connectivity index (χ1v) is 4.80. The molecule has 0 aliphatic rings. The Morgan fingerprint density at radius 1 is 1.50 bits per heavy atom. The zero-order chi connectivity index (χ0) is 10.6. The van der Waals surface area contributed by atoms with E-state index < -0.39 is 12.5 Å². The van der Waals surface area contributed by atoms with Crippen LogP contribution in [-0.4, -0.2) is 24.2 Å². The lowest BCUT2D eigenvalue weighted by Gasteiger charge is -2.09. The molecule has 0 radical (unpaired) electrons. The summed E-state index contributed by atoms with van der Waals surface area (Å²) in [5.74, 6) is 0.623. The van der Waals surface area contributed by atoms with E-state index in [2.05, 4.69) is 21.2 Å². The zero-order valence-electron chi connectivity index (χ0n) is 7.21. The van der Waals surface area contributed by atoms with Crippen molar-refractivity contribution in [3.05, 3.63) is 22.6 Å². The minimum Gasteiger partial charge on any atom is -0.453 e. The van der Waals surface area contributed by atoms with Gasteiger partial charge in [-0.1, -0.05) is 0 Å². The van der Waals surface area contributed by atoms with Crippen LogP contribution in [0.15, 0.2) is 21.2 Å². The van der Waals surface area contributed by atoms with E-state index in [1.807, 2.05) is 0 Å². The highest BCUT2D eigenvalue weighted by Crippen LogP contribution is 2.13. The summed E-state index contributed by atoms with van der Waals surface area (Å²) >= 11 is 3.11. The Bertz CT molecular complexity index is 280. The van der Waals surface area contributed by atoms with Crippen molar-refractivity contribution < 1.29 is 18.3 Å². The lowest BCUT2D eigenvalue weighted by molar-refractivity contribution is -0.00360. The molecular weight excluding hydrogens is 260 g/mol. The normalized spacial score (nSPS) is 13.5. The summed E-state index contributed by atoms with van der Waals surface area (Å²) in [6, 6.07) is 3.42. The Morgan fingerprint density at radius 2 is 2.21 bits per heavy atom. The molecule has 14 heavy (non-hydrogen) atoms. The lowest BCUT2D eigenvalue weighted by Crippen LogP contribution is -2.31. The van der Waals surface area contributed by atoms with Crippen LogP contribution in [0.25, 0.3) is 0 Å². The first kappa shape index (κ1) is 11.6. The van der Waals surface area contributed by atoms with E-state index >= 15 is 0 Å². The molecule has 0 fully saturated rings. The number of aliphatic hydroxyl groups excluding tert-OH is 1. The second-order valence-electron chi connectivity index (χ2n) is 2.74. The van der Waals surface area contributed by atoms with Gasteiger partial charge in [-0.25, -0.2) is 8.78 Å². The second-order valence-corrected chi connectivity index (χ2v) is 3.52. The summed E-state index contributed by atoms with van der Waals surface area (Å²) in [5, 5.41) is 11.4. The van der Waals surface area contributed by atoms with Crippen LogP contribution in [0.2, 0.25) is 0 Å². The van der Waals surface area contributed by atoms with Gasteiger partial charge >= 0.3 is 0 Å². The van der Waals surface area contributed by atoms with Crippen LogP contribution in [0.5, 0.6) is 0 Å². The average molecular weight is 270 g/mol. The fraction of sp³-hybridized carbons (Fsp3) is 0.500. The standard InChI is InChI=1S/C8H10BrF2NO2/c9-7-2-1-5(14-7)3-12-4-6(13)8(10)11/h1-2,6,8,12-13H,3-4H2. The maximum Gasteiger partial charge on any atom is 0.265 e. The summed E-state index contributed by atoms with van der Waals surface area (Å²) in [6.07, 6.45) is -4.35. The van der Waals surface area contributed by atoms with Gasteiger partial charge in [0.15, 0.2) is 4.67 Å². The molecule has 3 nitrogen and oxygen atoms in total. The monoisotopic (exact) mass is 269 g/mol. The van der Waals surface area contributed by atoms with Crippen molar-refractivity contribution in [1.82, 2.24) is 5.32 Å². The number of furan rings is 1. The predicted octanol–water partition coefficient (Wildman–Crippen LogP) is 1.76. The van der Waals surface area contributed by atoms with Crippen LogP contribution >= 0.6 is 15.9 Å². The third-order valence-corrected chi connectivity index (χ3v) is 2.00. The van der Waals surface area contributed by atoms with E-state index in [1.165, 1.54) is 0 Å². The number of rotatable bonds is 5. The van der Waals surface area contributed by atoms with E-state index in [-0.39, 0.29) is 6.54 Å². The third kappa shape index (κ3) is 3.73. The molecule has 0 saturated carbocycles. The van der Waals surface area contributed by atoms with Gasteiger partial charge in [0, 0.05) is 6.54 Å². The molecule has 0 bridgehead atoms. The topological polar surface area (TPSA) is 45.4 Å². The van der Waals surface area contributed by atoms with Gasteiger partial charge in [0.2, 0.25) is 0 Å². The molecule has 0 aromatic carbocycles. The molecule has 1 atom stereocenters. The predicted molar refractivity (Wildman–Crippen MR) is 50.1 cm³/mol. The highest BCUT2D eigenvalue weighted by Gasteiger charge is 2.15. The second kappa shape index (κ2) is 5.43. The molecule has 0 saturated heterocycles. The van der Waals surface area contributed by atoms with Crippen LogP contribution in [0.1, 0.15) is 5.76 Å². The molecular formula is C8H10BrF2NO2. The van der Waals surface area contributed by atoms with Crippen molar-refractivity contribution in [3.8, 4) is 0 Å². The Kier molecular flexibility index (Phi) is 4.50. The molecule has 1 rings (SSSR count). The minimum atomic E-state index is -2.72. The van der Waals surface area contributed by atoms with Crippen molar-refractivity contribution in [1.29, 1.82) is 0 Å². The van der Waals surface area contributed by atoms with E-state index in [0.29, 0.717) is 17.0 Å². The molecule has 1 heterocycles. The molecule has 0 amide bonds.